The molecule has 2 aromatic carbocycles. The molecular formula is C27H28F4O2. The van der Waals surface area contributed by atoms with Gasteiger partial charge in [0.15, 0.2) is 23.3 Å². The molecule has 0 bridgehead atoms. The summed E-state index contributed by atoms with van der Waals surface area (Å²) < 4.78 is 62.2. The van der Waals surface area contributed by atoms with Crippen LogP contribution in [0.3, 0.4) is 0 Å². The first-order valence-corrected chi connectivity index (χ1v) is 11.0. The van der Waals surface area contributed by atoms with Crippen molar-refractivity contribution < 1.29 is 27.4 Å². The lowest BCUT2D eigenvalue weighted by atomic mass is 9.76. The van der Waals surface area contributed by atoms with Crippen LogP contribution in [0.5, 0.6) is 5.75 Å². The minimum absolute atomic E-state index is 0.0564. The van der Waals surface area contributed by atoms with Crippen LogP contribution in [-0.2, 0) is 4.74 Å². The van der Waals surface area contributed by atoms with Crippen LogP contribution >= 0.6 is 0 Å². The van der Waals surface area contributed by atoms with Crippen LogP contribution in [0, 0.1) is 17.6 Å². The molecule has 0 spiro atoms. The van der Waals surface area contributed by atoms with E-state index in [1.165, 1.54) is 19.2 Å². The number of phenols is 1. The Hall–Kier alpha value is -3.02. The molecule has 0 aliphatic heterocycles. The lowest BCUT2D eigenvalue weighted by Crippen LogP contribution is -2.15. The van der Waals surface area contributed by atoms with Gasteiger partial charge in [-0.05, 0) is 79.2 Å². The molecule has 0 amide bonds. The van der Waals surface area contributed by atoms with Gasteiger partial charge in [0.1, 0.15) is 11.5 Å². The van der Waals surface area contributed by atoms with E-state index in [4.69, 9.17) is 0 Å². The highest BCUT2D eigenvalue weighted by Gasteiger charge is 2.27. The van der Waals surface area contributed by atoms with Crippen molar-refractivity contribution in [3.63, 3.8) is 0 Å². The van der Waals surface area contributed by atoms with Crippen molar-refractivity contribution in [2.45, 2.75) is 44.4 Å². The van der Waals surface area contributed by atoms with Gasteiger partial charge in [0.2, 0.25) is 0 Å². The Kier molecular flexibility index (Phi) is 8.01. The zero-order valence-electron chi connectivity index (χ0n) is 18.6. The molecule has 0 heterocycles. The average molecular weight is 461 g/mol. The molecule has 6 heteroatoms. The summed E-state index contributed by atoms with van der Waals surface area (Å²) in [7, 11) is 1.21. The zero-order valence-corrected chi connectivity index (χ0v) is 18.6. The third-order valence-corrected chi connectivity index (χ3v) is 6.43. The van der Waals surface area contributed by atoms with Gasteiger partial charge in [-0.15, -0.1) is 0 Å². The lowest BCUT2D eigenvalue weighted by molar-refractivity contribution is 0.280. The molecule has 3 rings (SSSR count). The molecule has 176 valence electrons. The van der Waals surface area contributed by atoms with Gasteiger partial charge in [0, 0.05) is 5.56 Å². The molecule has 1 fully saturated rings. The molecule has 0 atom stereocenters. The Balaban J connectivity index is 1.60. The normalized spacial score (nSPS) is 19.1. The molecule has 0 saturated heterocycles. The van der Waals surface area contributed by atoms with Crippen LogP contribution in [-0.4, -0.2) is 12.2 Å². The van der Waals surface area contributed by atoms with Gasteiger partial charge >= 0.3 is 0 Å². The number of allylic oxidation sites excluding steroid dienone is 3. The van der Waals surface area contributed by atoms with Crippen molar-refractivity contribution in [1.82, 2.24) is 0 Å². The fourth-order valence-corrected chi connectivity index (χ4v) is 4.36. The van der Waals surface area contributed by atoms with E-state index in [2.05, 4.69) is 17.9 Å². The third kappa shape index (κ3) is 5.67. The minimum Gasteiger partial charge on any atom is -0.508 e. The number of hydrogen-bond acceptors (Lipinski definition) is 2. The Morgan fingerprint density at radius 2 is 1.58 bits per heavy atom. The van der Waals surface area contributed by atoms with E-state index >= 15 is 0 Å². The van der Waals surface area contributed by atoms with Gasteiger partial charge in [-0.3, -0.25) is 0 Å². The first kappa shape index (κ1) is 24.6. The summed E-state index contributed by atoms with van der Waals surface area (Å²) >= 11 is 0. The highest BCUT2D eigenvalue weighted by molar-refractivity contribution is 5.65. The quantitative estimate of drug-likeness (QED) is 0.244. The van der Waals surface area contributed by atoms with E-state index in [9.17, 15) is 22.7 Å². The molecule has 33 heavy (non-hydrogen) atoms. The first-order chi connectivity index (χ1) is 15.7. The van der Waals surface area contributed by atoms with Gasteiger partial charge in [-0.25, -0.2) is 13.2 Å². The first-order valence-electron chi connectivity index (χ1n) is 11.0. The van der Waals surface area contributed by atoms with Crippen molar-refractivity contribution >= 4 is 0 Å². The number of rotatable bonds is 8. The maximum absolute atomic E-state index is 14.9. The fraction of sp³-hybridized carbons (Fsp3) is 0.333. The molecular weight excluding hydrogens is 432 g/mol. The molecule has 0 aromatic heterocycles. The van der Waals surface area contributed by atoms with Crippen molar-refractivity contribution in [1.29, 1.82) is 0 Å². The second-order valence-electron chi connectivity index (χ2n) is 8.49. The van der Waals surface area contributed by atoms with Crippen molar-refractivity contribution in [3.05, 3.63) is 89.7 Å². The van der Waals surface area contributed by atoms with Crippen molar-refractivity contribution in [2.24, 2.45) is 5.92 Å². The molecule has 1 aliphatic carbocycles. The SMILES string of the molecule is C=C(CCC1CCC(c2ccc(-c3ccc(O)cc3)c(F)c2F)CC1)/C(F)=C(/F)C(=C)OC. The number of benzene rings is 2. The Morgan fingerprint density at radius 3 is 2.18 bits per heavy atom. The van der Waals surface area contributed by atoms with E-state index in [0.717, 1.165) is 12.8 Å². The highest BCUT2D eigenvalue weighted by atomic mass is 19.2. The summed E-state index contributed by atoms with van der Waals surface area (Å²) in [5.74, 6) is -4.03. The molecule has 1 aliphatic rings. The summed E-state index contributed by atoms with van der Waals surface area (Å²) in [5.41, 5.74) is 1.08. The van der Waals surface area contributed by atoms with Crippen LogP contribution in [0.2, 0.25) is 0 Å². The van der Waals surface area contributed by atoms with Gasteiger partial charge in [-0.1, -0.05) is 37.4 Å². The second kappa shape index (κ2) is 10.7. The monoisotopic (exact) mass is 460 g/mol. The van der Waals surface area contributed by atoms with Gasteiger partial charge in [0.25, 0.3) is 0 Å². The number of methoxy groups -OCH3 is 1. The lowest BCUT2D eigenvalue weighted by Gasteiger charge is -2.29. The summed E-state index contributed by atoms with van der Waals surface area (Å²) in [6.45, 7) is 6.92. The standard InChI is InChI=1S/C27H28F4O2/c1-16(24(28)25(29)17(2)33-3)4-5-18-6-8-19(9-7-18)22-14-15-23(27(31)26(22)30)20-10-12-21(32)13-11-20/h10-15,18-19,32H,1-2,4-9H2,3H3/b25-24-. The van der Waals surface area contributed by atoms with Crippen LogP contribution in [0.25, 0.3) is 11.1 Å². The number of halogens is 4. The smallest absolute Gasteiger partial charge is 0.200 e. The highest BCUT2D eigenvalue weighted by Crippen LogP contribution is 2.41. The van der Waals surface area contributed by atoms with E-state index < -0.39 is 23.3 Å². The number of phenolic OH excluding ortho intramolecular Hbond substituents is 1. The zero-order chi connectivity index (χ0) is 24.1. The number of aromatic hydroxyl groups is 1. The largest absolute Gasteiger partial charge is 0.508 e. The van der Waals surface area contributed by atoms with Gasteiger partial charge in [-0.2, -0.15) is 4.39 Å². The van der Waals surface area contributed by atoms with E-state index in [-0.39, 0.29) is 34.5 Å². The van der Waals surface area contributed by atoms with Crippen LogP contribution < -0.4 is 0 Å². The third-order valence-electron chi connectivity index (χ3n) is 6.43. The molecule has 1 N–H and O–H groups in total. The minimum atomic E-state index is -1.14. The molecule has 2 nitrogen and oxygen atoms in total. The van der Waals surface area contributed by atoms with E-state index in [1.807, 2.05) is 0 Å². The average Bonchev–Trinajstić information content (AvgIpc) is 2.83. The summed E-state index contributed by atoms with van der Waals surface area (Å²) in [6, 6.07) is 9.16. The van der Waals surface area contributed by atoms with Crippen LogP contribution in [0.15, 0.2) is 72.5 Å². The predicted molar refractivity (Wildman–Crippen MR) is 122 cm³/mol. The predicted octanol–water partition coefficient (Wildman–Crippen LogP) is 8.26. The maximum Gasteiger partial charge on any atom is 0.200 e. The van der Waals surface area contributed by atoms with Crippen molar-refractivity contribution in [2.75, 3.05) is 7.11 Å². The van der Waals surface area contributed by atoms with Gasteiger partial charge in [0.05, 0.1) is 7.11 Å². The maximum atomic E-state index is 14.9. The molecule has 1 saturated carbocycles. The fourth-order valence-electron chi connectivity index (χ4n) is 4.36. The molecule has 0 unspecified atom stereocenters. The number of ether oxygens (including phenoxy) is 1. The molecule has 0 radical (unpaired) electrons. The Labute approximate surface area is 191 Å². The van der Waals surface area contributed by atoms with E-state index in [0.29, 0.717) is 36.8 Å². The molecule has 2 aromatic rings. The van der Waals surface area contributed by atoms with Gasteiger partial charge < -0.3 is 9.84 Å². The Bertz CT molecular complexity index is 1050. The topological polar surface area (TPSA) is 29.5 Å². The Morgan fingerprint density at radius 1 is 0.939 bits per heavy atom. The summed E-state index contributed by atoms with van der Waals surface area (Å²) in [6.07, 6.45) is 3.91. The van der Waals surface area contributed by atoms with Crippen LogP contribution in [0.4, 0.5) is 17.6 Å². The van der Waals surface area contributed by atoms with Crippen molar-refractivity contribution in [3.8, 4) is 16.9 Å². The second-order valence-corrected chi connectivity index (χ2v) is 8.49. The number of hydrogen-bond donors (Lipinski definition) is 1. The van der Waals surface area contributed by atoms with Crippen LogP contribution in [0.1, 0.15) is 50.0 Å². The summed E-state index contributed by atoms with van der Waals surface area (Å²) in [4.78, 5) is 0. The summed E-state index contributed by atoms with van der Waals surface area (Å²) in [5, 5.41) is 9.40. The van der Waals surface area contributed by atoms with E-state index in [1.54, 1.807) is 24.3 Å².